The van der Waals surface area contributed by atoms with Crippen LogP contribution in [-0.2, 0) is 16.0 Å². The van der Waals surface area contributed by atoms with Crippen LogP contribution in [0.2, 0.25) is 0 Å². The molecule has 2 heterocycles. The van der Waals surface area contributed by atoms with Gasteiger partial charge in [-0.05, 0) is 61.4 Å². The van der Waals surface area contributed by atoms with E-state index in [9.17, 15) is 9.59 Å². The van der Waals surface area contributed by atoms with Crippen LogP contribution in [-0.4, -0.2) is 41.3 Å². The molecule has 0 unspecified atom stereocenters. The van der Waals surface area contributed by atoms with E-state index in [4.69, 9.17) is 0 Å². The minimum atomic E-state index is -0.575. The van der Waals surface area contributed by atoms with Crippen molar-refractivity contribution in [2.24, 2.45) is 5.41 Å². The molecule has 0 saturated carbocycles. The number of carbonyl (C=O) groups is 2. The Bertz CT molecular complexity index is 837. The summed E-state index contributed by atoms with van der Waals surface area (Å²) < 4.78 is 0. The number of likely N-dealkylation sites (tertiary alicyclic amines) is 1. The molecule has 2 amide bonds. The van der Waals surface area contributed by atoms with Gasteiger partial charge < -0.3 is 10.2 Å². The van der Waals surface area contributed by atoms with E-state index in [1.54, 1.807) is 12.4 Å². The number of amides is 2. The van der Waals surface area contributed by atoms with Crippen molar-refractivity contribution in [3.8, 4) is 11.1 Å². The second-order valence-electron chi connectivity index (χ2n) is 7.92. The molecule has 1 aliphatic heterocycles. The molecular formula is C24H31N3O2. The van der Waals surface area contributed by atoms with Gasteiger partial charge >= 0.3 is 0 Å². The zero-order valence-electron chi connectivity index (χ0n) is 17.5. The van der Waals surface area contributed by atoms with Crippen LogP contribution in [0.3, 0.4) is 0 Å². The number of piperidine rings is 1. The number of hydrogen-bond acceptors (Lipinski definition) is 3. The van der Waals surface area contributed by atoms with E-state index in [-0.39, 0.29) is 11.8 Å². The molecule has 0 radical (unpaired) electrons. The highest BCUT2D eigenvalue weighted by atomic mass is 16.2. The Morgan fingerprint density at radius 2 is 1.93 bits per heavy atom. The Labute approximate surface area is 173 Å². The van der Waals surface area contributed by atoms with Gasteiger partial charge in [-0.2, -0.15) is 0 Å². The third-order valence-corrected chi connectivity index (χ3v) is 5.70. The quantitative estimate of drug-likeness (QED) is 0.777. The van der Waals surface area contributed by atoms with Crippen molar-refractivity contribution in [3.05, 3.63) is 54.4 Å². The topological polar surface area (TPSA) is 62.3 Å². The molecule has 3 rings (SSSR count). The molecule has 1 aliphatic rings. The van der Waals surface area contributed by atoms with Crippen LogP contribution in [0.4, 0.5) is 0 Å². The Kier molecular flexibility index (Phi) is 7.02. The van der Waals surface area contributed by atoms with Gasteiger partial charge in [0.2, 0.25) is 11.8 Å². The highest BCUT2D eigenvalue weighted by molar-refractivity contribution is 5.85. The maximum absolute atomic E-state index is 13.1. The number of hydrogen-bond donors (Lipinski definition) is 1. The summed E-state index contributed by atoms with van der Waals surface area (Å²) >= 11 is 0. The smallest absolute Gasteiger partial charge is 0.228 e. The van der Waals surface area contributed by atoms with Crippen molar-refractivity contribution in [1.29, 1.82) is 0 Å². The van der Waals surface area contributed by atoms with Crippen LogP contribution in [0.25, 0.3) is 11.1 Å². The summed E-state index contributed by atoms with van der Waals surface area (Å²) in [7, 11) is 0. The van der Waals surface area contributed by atoms with Gasteiger partial charge in [0.05, 0.1) is 5.41 Å². The molecular weight excluding hydrogens is 362 g/mol. The predicted molar refractivity (Wildman–Crippen MR) is 115 cm³/mol. The number of rotatable bonds is 7. The highest BCUT2D eigenvalue weighted by Crippen LogP contribution is 2.35. The maximum atomic E-state index is 13.1. The lowest BCUT2D eigenvalue weighted by atomic mass is 9.74. The first-order chi connectivity index (χ1) is 14.1. The Morgan fingerprint density at radius 3 is 2.66 bits per heavy atom. The van der Waals surface area contributed by atoms with E-state index in [1.807, 2.05) is 36.9 Å². The summed E-state index contributed by atoms with van der Waals surface area (Å²) in [5, 5.41) is 3.03. The van der Waals surface area contributed by atoms with Crippen molar-refractivity contribution in [2.45, 2.75) is 46.0 Å². The molecule has 154 valence electrons. The van der Waals surface area contributed by atoms with Gasteiger partial charge in [0.15, 0.2) is 0 Å². The summed E-state index contributed by atoms with van der Waals surface area (Å²) in [6.07, 6.45) is 7.24. The van der Waals surface area contributed by atoms with Crippen molar-refractivity contribution in [1.82, 2.24) is 15.2 Å². The summed E-state index contributed by atoms with van der Waals surface area (Å²) in [5.74, 6) is 0.217. The maximum Gasteiger partial charge on any atom is 0.228 e. The van der Waals surface area contributed by atoms with Crippen molar-refractivity contribution < 1.29 is 9.59 Å². The van der Waals surface area contributed by atoms with Crippen LogP contribution in [0.1, 0.15) is 45.1 Å². The average Bonchev–Trinajstić information content (AvgIpc) is 2.75. The van der Waals surface area contributed by atoms with E-state index < -0.39 is 5.41 Å². The molecule has 0 aliphatic carbocycles. The zero-order chi connectivity index (χ0) is 20.7. The summed E-state index contributed by atoms with van der Waals surface area (Å²) in [5.41, 5.74) is 2.77. The Balaban J connectivity index is 1.88. The SMILES string of the molecule is CCCC(=O)N1CCC[C@@](Cc2cccc(-c3ccncc3)c2)(C(=O)NCC)C1. The van der Waals surface area contributed by atoms with E-state index in [0.29, 0.717) is 25.9 Å². The highest BCUT2D eigenvalue weighted by Gasteiger charge is 2.43. The van der Waals surface area contributed by atoms with Crippen LogP contribution in [0.5, 0.6) is 0 Å². The van der Waals surface area contributed by atoms with Crippen LogP contribution >= 0.6 is 0 Å². The summed E-state index contributed by atoms with van der Waals surface area (Å²) in [4.78, 5) is 31.7. The fourth-order valence-electron chi connectivity index (χ4n) is 4.27. The molecule has 1 fully saturated rings. The largest absolute Gasteiger partial charge is 0.356 e. The first-order valence-electron chi connectivity index (χ1n) is 10.6. The molecule has 1 atom stereocenters. The van der Waals surface area contributed by atoms with Gasteiger partial charge in [-0.3, -0.25) is 14.6 Å². The average molecular weight is 394 g/mol. The molecule has 1 saturated heterocycles. The monoisotopic (exact) mass is 393 g/mol. The van der Waals surface area contributed by atoms with E-state index in [2.05, 4.69) is 28.5 Å². The lowest BCUT2D eigenvalue weighted by Gasteiger charge is -2.42. The predicted octanol–water partition coefficient (Wildman–Crippen LogP) is 3.84. The number of nitrogens with zero attached hydrogens (tertiary/aromatic N) is 2. The van der Waals surface area contributed by atoms with Gasteiger partial charge in [0.1, 0.15) is 0 Å². The molecule has 1 aromatic heterocycles. The van der Waals surface area contributed by atoms with Gasteiger partial charge in [0, 0.05) is 38.4 Å². The number of pyridine rings is 1. The third kappa shape index (κ3) is 5.03. The molecule has 2 aromatic rings. The summed E-state index contributed by atoms with van der Waals surface area (Å²) in [6.45, 7) is 5.80. The molecule has 0 bridgehead atoms. The van der Waals surface area contributed by atoms with E-state index in [0.717, 1.165) is 42.5 Å². The number of aromatic nitrogens is 1. The second kappa shape index (κ2) is 9.68. The first kappa shape index (κ1) is 21.0. The molecule has 5 heteroatoms. The number of nitrogens with one attached hydrogen (secondary N) is 1. The fourth-order valence-corrected chi connectivity index (χ4v) is 4.27. The zero-order valence-corrected chi connectivity index (χ0v) is 17.5. The molecule has 1 aromatic carbocycles. The standard InChI is InChI=1S/C24H31N3O2/c1-3-7-22(28)27-15-6-12-24(18-27,23(29)26-4-2)17-19-8-5-9-21(16-19)20-10-13-25-14-11-20/h5,8-11,13-14,16H,3-4,6-7,12,15,17-18H2,1-2H3,(H,26,29)/t24-/m0/s1. The lowest BCUT2D eigenvalue weighted by Crippen LogP contribution is -2.54. The molecule has 0 spiro atoms. The van der Waals surface area contributed by atoms with E-state index in [1.165, 1.54) is 0 Å². The van der Waals surface area contributed by atoms with Crippen LogP contribution in [0, 0.1) is 5.41 Å². The van der Waals surface area contributed by atoms with Crippen molar-refractivity contribution in [3.63, 3.8) is 0 Å². The third-order valence-electron chi connectivity index (χ3n) is 5.70. The van der Waals surface area contributed by atoms with Gasteiger partial charge in [-0.25, -0.2) is 0 Å². The van der Waals surface area contributed by atoms with Gasteiger partial charge in [-0.15, -0.1) is 0 Å². The minimum Gasteiger partial charge on any atom is -0.356 e. The molecule has 1 N–H and O–H groups in total. The lowest BCUT2D eigenvalue weighted by molar-refractivity contribution is -0.141. The minimum absolute atomic E-state index is 0.0586. The molecule has 29 heavy (non-hydrogen) atoms. The second-order valence-corrected chi connectivity index (χ2v) is 7.92. The number of carbonyl (C=O) groups excluding carboxylic acids is 2. The first-order valence-corrected chi connectivity index (χ1v) is 10.6. The van der Waals surface area contributed by atoms with Crippen molar-refractivity contribution in [2.75, 3.05) is 19.6 Å². The Morgan fingerprint density at radius 1 is 1.14 bits per heavy atom. The normalized spacial score (nSPS) is 19.0. The van der Waals surface area contributed by atoms with Crippen molar-refractivity contribution >= 4 is 11.8 Å². The van der Waals surface area contributed by atoms with Crippen LogP contribution in [0.15, 0.2) is 48.8 Å². The summed E-state index contributed by atoms with van der Waals surface area (Å²) in [6, 6.07) is 12.3. The van der Waals surface area contributed by atoms with Crippen LogP contribution < -0.4 is 5.32 Å². The molecule has 5 nitrogen and oxygen atoms in total. The van der Waals surface area contributed by atoms with E-state index >= 15 is 0 Å². The fraction of sp³-hybridized carbons (Fsp3) is 0.458. The Hall–Kier alpha value is -2.69. The number of benzene rings is 1. The van der Waals surface area contributed by atoms with Gasteiger partial charge in [0.25, 0.3) is 0 Å². The van der Waals surface area contributed by atoms with Gasteiger partial charge in [-0.1, -0.05) is 31.2 Å².